The Labute approximate surface area is 104 Å². The van der Waals surface area contributed by atoms with Crippen LogP contribution in [0.2, 0.25) is 0 Å². The van der Waals surface area contributed by atoms with E-state index in [-0.39, 0.29) is 0 Å². The summed E-state index contributed by atoms with van der Waals surface area (Å²) >= 11 is 0. The number of rotatable bonds is 1. The van der Waals surface area contributed by atoms with E-state index in [9.17, 15) is 0 Å². The molecule has 1 aromatic carbocycles. The smallest absolute Gasteiger partial charge is 0.178 e. The molecule has 1 aliphatic heterocycles. The fourth-order valence-electron chi connectivity index (χ4n) is 2.32. The van der Waals surface area contributed by atoms with Gasteiger partial charge < -0.3 is 9.72 Å². The highest BCUT2D eigenvalue weighted by atomic mass is 16.5. The predicted molar refractivity (Wildman–Crippen MR) is 68.5 cm³/mol. The Bertz CT molecular complexity index is 700. The van der Waals surface area contributed by atoms with Gasteiger partial charge >= 0.3 is 0 Å². The molecular weight excluding hydrogens is 226 g/mol. The number of aromatic amines is 1. The number of nitrogens with zero attached hydrogens (tertiary/aromatic N) is 2. The summed E-state index contributed by atoms with van der Waals surface area (Å²) < 4.78 is 5.51. The average Bonchev–Trinajstić information content (AvgIpc) is 3.04. The Balaban J connectivity index is 1.86. The largest absolute Gasteiger partial charge is 0.493 e. The summed E-state index contributed by atoms with van der Waals surface area (Å²) in [5.74, 6) is 1.85. The maximum atomic E-state index is 5.51. The first-order valence-corrected chi connectivity index (χ1v) is 5.97. The highest BCUT2D eigenvalue weighted by Crippen LogP contribution is 2.29. The molecule has 3 heterocycles. The lowest BCUT2D eigenvalue weighted by molar-refractivity contribution is 0.357. The number of ether oxygens (including phenoxy) is 1. The van der Waals surface area contributed by atoms with Crippen LogP contribution in [0.5, 0.6) is 5.75 Å². The van der Waals surface area contributed by atoms with Gasteiger partial charge in [0.05, 0.1) is 12.1 Å². The van der Waals surface area contributed by atoms with Gasteiger partial charge in [0.1, 0.15) is 11.6 Å². The molecule has 1 N–H and O–H groups in total. The molecule has 0 bridgehead atoms. The first-order chi connectivity index (χ1) is 8.90. The van der Waals surface area contributed by atoms with Crippen molar-refractivity contribution in [1.29, 1.82) is 0 Å². The maximum absolute atomic E-state index is 5.51. The number of benzene rings is 1. The third-order valence-corrected chi connectivity index (χ3v) is 3.22. The summed E-state index contributed by atoms with van der Waals surface area (Å²) in [6.45, 7) is 0.778. The van der Waals surface area contributed by atoms with Crippen LogP contribution in [-0.2, 0) is 6.42 Å². The van der Waals surface area contributed by atoms with Crippen molar-refractivity contribution in [3.05, 3.63) is 42.1 Å². The van der Waals surface area contributed by atoms with Crippen molar-refractivity contribution in [2.75, 3.05) is 6.61 Å². The van der Waals surface area contributed by atoms with Crippen molar-refractivity contribution in [2.45, 2.75) is 6.42 Å². The molecule has 0 unspecified atom stereocenters. The van der Waals surface area contributed by atoms with Gasteiger partial charge in [0.2, 0.25) is 0 Å². The molecule has 2 aromatic heterocycles. The normalized spacial score (nSPS) is 13.6. The molecule has 88 valence electrons. The van der Waals surface area contributed by atoms with Gasteiger partial charge in [-0.2, -0.15) is 0 Å². The van der Waals surface area contributed by atoms with Crippen molar-refractivity contribution >= 4 is 11.2 Å². The second-order valence-electron chi connectivity index (χ2n) is 4.38. The van der Waals surface area contributed by atoms with Crippen LogP contribution in [-0.4, -0.2) is 21.6 Å². The topological polar surface area (TPSA) is 50.8 Å². The lowest BCUT2D eigenvalue weighted by atomic mass is 10.1. The van der Waals surface area contributed by atoms with Crippen LogP contribution in [0.4, 0.5) is 0 Å². The number of aromatic nitrogens is 3. The summed E-state index contributed by atoms with van der Waals surface area (Å²) in [5.41, 5.74) is 4.05. The fraction of sp³-hybridized carbons (Fsp3) is 0.143. The van der Waals surface area contributed by atoms with Crippen molar-refractivity contribution in [3.8, 4) is 17.1 Å². The number of nitrogens with one attached hydrogen (secondary N) is 1. The molecule has 18 heavy (non-hydrogen) atoms. The number of pyridine rings is 1. The number of H-pyrrole nitrogens is 1. The van der Waals surface area contributed by atoms with Crippen LogP contribution in [0, 0.1) is 0 Å². The van der Waals surface area contributed by atoms with E-state index in [1.165, 1.54) is 5.56 Å². The van der Waals surface area contributed by atoms with E-state index in [2.05, 4.69) is 21.0 Å². The summed E-state index contributed by atoms with van der Waals surface area (Å²) in [6.07, 6.45) is 2.73. The first-order valence-electron chi connectivity index (χ1n) is 5.97. The second kappa shape index (κ2) is 3.57. The van der Waals surface area contributed by atoms with Gasteiger partial charge in [-0.3, -0.25) is 0 Å². The van der Waals surface area contributed by atoms with Gasteiger partial charge in [0.25, 0.3) is 0 Å². The van der Waals surface area contributed by atoms with Crippen LogP contribution in [0.15, 0.2) is 36.5 Å². The number of fused-ring (bicyclic) bond motifs is 2. The molecule has 3 aromatic rings. The van der Waals surface area contributed by atoms with E-state index in [1.807, 2.05) is 24.3 Å². The molecule has 0 saturated heterocycles. The van der Waals surface area contributed by atoms with Crippen molar-refractivity contribution in [1.82, 2.24) is 15.0 Å². The Morgan fingerprint density at radius 3 is 3.17 bits per heavy atom. The molecule has 0 aliphatic carbocycles. The van der Waals surface area contributed by atoms with E-state index < -0.39 is 0 Å². The highest BCUT2D eigenvalue weighted by Gasteiger charge is 2.14. The minimum Gasteiger partial charge on any atom is -0.493 e. The fourth-order valence-corrected chi connectivity index (χ4v) is 2.32. The molecule has 4 rings (SSSR count). The molecule has 0 saturated carbocycles. The third kappa shape index (κ3) is 1.39. The van der Waals surface area contributed by atoms with E-state index in [0.29, 0.717) is 0 Å². The van der Waals surface area contributed by atoms with Crippen LogP contribution in [0.1, 0.15) is 5.56 Å². The van der Waals surface area contributed by atoms with E-state index in [4.69, 9.17) is 4.74 Å². The van der Waals surface area contributed by atoms with Crippen LogP contribution >= 0.6 is 0 Å². The van der Waals surface area contributed by atoms with Crippen molar-refractivity contribution in [2.24, 2.45) is 0 Å². The number of imidazole rings is 1. The summed E-state index contributed by atoms with van der Waals surface area (Å²) in [4.78, 5) is 12.0. The molecule has 0 spiro atoms. The van der Waals surface area contributed by atoms with E-state index in [0.717, 1.165) is 41.3 Å². The summed E-state index contributed by atoms with van der Waals surface area (Å²) in [7, 11) is 0. The zero-order chi connectivity index (χ0) is 11.9. The predicted octanol–water partition coefficient (Wildman–Crippen LogP) is 2.56. The molecule has 0 atom stereocenters. The lowest BCUT2D eigenvalue weighted by Gasteiger charge is -2.00. The van der Waals surface area contributed by atoms with Gasteiger partial charge in [-0.1, -0.05) is 0 Å². The van der Waals surface area contributed by atoms with Gasteiger partial charge in [-0.25, -0.2) is 9.97 Å². The molecule has 4 nitrogen and oxygen atoms in total. The summed E-state index contributed by atoms with van der Waals surface area (Å²) in [5, 5.41) is 0. The first kappa shape index (κ1) is 9.65. The van der Waals surface area contributed by atoms with Gasteiger partial charge in [-0.15, -0.1) is 0 Å². The van der Waals surface area contributed by atoms with E-state index >= 15 is 0 Å². The molecule has 4 heteroatoms. The monoisotopic (exact) mass is 237 g/mol. The Morgan fingerprint density at radius 2 is 2.22 bits per heavy atom. The van der Waals surface area contributed by atoms with E-state index in [1.54, 1.807) is 6.20 Å². The molecule has 1 aliphatic rings. The zero-order valence-electron chi connectivity index (χ0n) is 9.68. The molecule has 0 amide bonds. The third-order valence-electron chi connectivity index (χ3n) is 3.22. The average molecular weight is 237 g/mol. The highest BCUT2D eigenvalue weighted by molar-refractivity contribution is 5.76. The SMILES string of the molecule is c1cnc2nc(-c3ccc4c(c3)CCO4)[nH]c2c1. The number of hydrogen-bond acceptors (Lipinski definition) is 3. The minimum absolute atomic E-state index is 0.754. The second-order valence-corrected chi connectivity index (χ2v) is 4.38. The van der Waals surface area contributed by atoms with Gasteiger partial charge in [0.15, 0.2) is 5.65 Å². The molecule has 0 radical (unpaired) electrons. The van der Waals surface area contributed by atoms with Crippen LogP contribution in [0.25, 0.3) is 22.6 Å². The Hall–Kier alpha value is -2.36. The maximum Gasteiger partial charge on any atom is 0.178 e. The standard InChI is InChI=1S/C14H11N3O/c1-2-11-14(15-6-1)17-13(16-11)10-3-4-12-9(8-10)5-7-18-12/h1-4,6,8H,5,7H2,(H,15,16,17). The summed E-state index contributed by atoms with van der Waals surface area (Å²) in [6, 6.07) is 10.1. The van der Waals surface area contributed by atoms with Gasteiger partial charge in [-0.05, 0) is 35.9 Å². The van der Waals surface area contributed by atoms with Crippen molar-refractivity contribution in [3.63, 3.8) is 0 Å². The minimum atomic E-state index is 0.754. The Morgan fingerprint density at radius 1 is 1.22 bits per heavy atom. The zero-order valence-corrected chi connectivity index (χ0v) is 9.68. The lowest BCUT2D eigenvalue weighted by Crippen LogP contribution is -1.85. The Kier molecular flexibility index (Phi) is 1.91. The molecular formula is C14H11N3O. The van der Waals surface area contributed by atoms with Gasteiger partial charge in [0, 0.05) is 18.2 Å². The quantitative estimate of drug-likeness (QED) is 0.707. The molecule has 0 fully saturated rings. The van der Waals surface area contributed by atoms with Crippen LogP contribution < -0.4 is 4.74 Å². The van der Waals surface area contributed by atoms with Crippen molar-refractivity contribution < 1.29 is 4.74 Å². The van der Waals surface area contributed by atoms with Crippen LogP contribution in [0.3, 0.4) is 0 Å². The number of hydrogen-bond donors (Lipinski definition) is 1.